The summed E-state index contributed by atoms with van der Waals surface area (Å²) in [6, 6.07) is 15.8. The van der Waals surface area contributed by atoms with Gasteiger partial charge in [-0.1, -0.05) is 48.0 Å². The maximum absolute atomic E-state index is 13.2. The summed E-state index contributed by atoms with van der Waals surface area (Å²) < 4.78 is 0. The van der Waals surface area contributed by atoms with Crippen molar-refractivity contribution in [1.82, 2.24) is 5.06 Å². The molecule has 2 fully saturated rings. The highest BCUT2D eigenvalue weighted by molar-refractivity contribution is 6.23. The minimum absolute atomic E-state index is 0.197. The number of imide groups is 1. The van der Waals surface area contributed by atoms with E-state index in [-0.39, 0.29) is 12.5 Å². The number of rotatable bonds is 4. The highest BCUT2D eigenvalue weighted by atomic mass is 16.7. The lowest BCUT2D eigenvalue weighted by atomic mass is 9.90. The van der Waals surface area contributed by atoms with Crippen LogP contribution in [-0.2, 0) is 19.2 Å². The Morgan fingerprint density at radius 3 is 2.48 bits per heavy atom. The fourth-order valence-electron chi connectivity index (χ4n) is 3.82. The molecule has 2 saturated heterocycles. The number of benzene rings is 2. The standard InChI is InChI=1S/C20H19N3O4/c1-12-6-5-7-13(10-12)17-16-18(27-22(17)11-15(21)24)20(26)23(19(16)25)14-8-3-2-4-9-14/h2-10,16-18H,11H2,1H3,(H2,21,24). The first-order valence-corrected chi connectivity index (χ1v) is 8.68. The van der Waals surface area contributed by atoms with Gasteiger partial charge >= 0.3 is 0 Å². The molecule has 2 aliphatic heterocycles. The molecule has 3 atom stereocenters. The molecule has 2 N–H and O–H groups in total. The Hall–Kier alpha value is -3.03. The molecule has 0 bridgehead atoms. The summed E-state index contributed by atoms with van der Waals surface area (Å²) in [4.78, 5) is 44.5. The number of fused-ring (bicyclic) bond motifs is 1. The van der Waals surface area contributed by atoms with E-state index in [0.29, 0.717) is 5.69 Å². The zero-order valence-corrected chi connectivity index (χ0v) is 14.7. The first kappa shape index (κ1) is 17.4. The third kappa shape index (κ3) is 2.90. The number of amides is 3. The van der Waals surface area contributed by atoms with Crippen LogP contribution in [0.2, 0.25) is 0 Å². The third-order valence-corrected chi connectivity index (χ3v) is 4.90. The van der Waals surface area contributed by atoms with Crippen LogP contribution in [-0.4, -0.2) is 35.4 Å². The molecule has 3 unspecified atom stereocenters. The Kier molecular flexibility index (Phi) is 4.25. The predicted molar refractivity (Wildman–Crippen MR) is 97.1 cm³/mol. The minimum Gasteiger partial charge on any atom is -0.368 e. The van der Waals surface area contributed by atoms with E-state index in [4.69, 9.17) is 10.6 Å². The molecule has 138 valence electrons. The van der Waals surface area contributed by atoms with Gasteiger partial charge in [0.05, 0.1) is 17.6 Å². The van der Waals surface area contributed by atoms with Gasteiger partial charge in [-0.2, -0.15) is 5.06 Å². The zero-order chi connectivity index (χ0) is 19.1. The van der Waals surface area contributed by atoms with Crippen molar-refractivity contribution in [2.75, 3.05) is 11.4 Å². The van der Waals surface area contributed by atoms with Gasteiger partial charge in [-0.15, -0.1) is 0 Å². The lowest BCUT2D eigenvalue weighted by molar-refractivity contribution is -0.175. The zero-order valence-electron chi connectivity index (χ0n) is 14.7. The minimum atomic E-state index is -0.970. The Bertz CT molecular complexity index is 914. The van der Waals surface area contributed by atoms with Crippen molar-refractivity contribution in [3.05, 3.63) is 65.7 Å². The number of anilines is 1. The molecule has 2 aromatic carbocycles. The van der Waals surface area contributed by atoms with E-state index >= 15 is 0 Å². The van der Waals surface area contributed by atoms with Gasteiger partial charge in [-0.3, -0.25) is 19.2 Å². The molecule has 0 aliphatic carbocycles. The van der Waals surface area contributed by atoms with Crippen LogP contribution < -0.4 is 10.6 Å². The Balaban J connectivity index is 1.75. The van der Waals surface area contributed by atoms with E-state index in [9.17, 15) is 14.4 Å². The summed E-state index contributed by atoms with van der Waals surface area (Å²) in [5.74, 6) is -2.10. The van der Waals surface area contributed by atoms with E-state index < -0.39 is 29.9 Å². The summed E-state index contributed by atoms with van der Waals surface area (Å²) in [6.45, 7) is 1.74. The second-order valence-electron chi connectivity index (χ2n) is 6.80. The molecular formula is C20H19N3O4. The summed E-state index contributed by atoms with van der Waals surface area (Å²) in [5.41, 5.74) is 7.66. The SMILES string of the molecule is Cc1cccc(C2C3C(=O)N(c4ccccc4)C(=O)C3ON2CC(N)=O)c1. The van der Waals surface area contributed by atoms with Gasteiger partial charge in [0.25, 0.3) is 5.91 Å². The van der Waals surface area contributed by atoms with Gasteiger partial charge in [0.1, 0.15) is 6.54 Å². The molecule has 4 rings (SSSR count). The summed E-state index contributed by atoms with van der Waals surface area (Å²) >= 11 is 0. The topological polar surface area (TPSA) is 92.9 Å². The normalized spacial score (nSPS) is 25.1. The number of aryl methyl sites for hydroxylation is 1. The first-order chi connectivity index (χ1) is 13.0. The smallest absolute Gasteiger partial charge is 0.265 e. The molecule has 0 saturated carbocycles. The average molecular weight is 365 g/mol. The molecule has 2 heterocycles. The van der Waals surface area contributed by atoms with Crippen LogP contribution in [0.4, 0.5) is 5.69 Å². The van der Waals surface area contributed by atoms with Gasteiger partial charge in [0, 0.05) is 0 Å². The molecule has 0 aromatic heterocycles. The second kappa shape index (κ2) is 6.61. The van der Waals surface area contributed by atoms with Crippen LogP contribution in [0.25, 0.3) is 0 Å². The highest BCUT2D eigenvalue weighted by Crippen LogP contribution is 2.45. The number of carbonyl (C=O) groups is 3. The lowest BCUT2D eigenvalue weighted by Crippen LogP contribution is -2.40. The number of nitrogens with two attached hydrogens (primary N) is 1. The van der Waals surface area contributed by atoms with Crippen molar-refractivity contribution >= 4 is 23.4 Å². The van der Waals surface area contributed by atoms with Gasteiger partial charge in [0.2, 0.25) is 11.8 Å². The quantitative estimate of drug-likeness (QED) is 0.825. The van der Waals surface area contributed by atoms with Gasteiger partial charge in [0.15, 0.2) is 6.10 Å². The highest BCUT2D eigenvalue weighted by Gasteiger charge is 2.60. The van der Waals surface area contributed by atoms with Crippen LogP contribution >= 0.6 is 0 Å². The van der Waals surface area contributed by atoms with Crippen LogP contribution in [0.15, 0.2) is 54.6 Å². The molecule has 3 amide bonds. The van der Waals surface area contributed by atoms with Gasteiger partial charge in [-0.05, 0) is 24.6 Å². The van der Waals surface area contributed by atoms with Crippen molar-refractivity contribution in [3.63, 3.8) is 0 Å². The van der Waals surface area contributed by atoms with Crippen molar-refractivity contribution in [1.29, 1.82) is 0 Å². The van der Waals surface area contributed by atoms with E-state index in [2.05, 4.69) is 0 Å². The predicted octanol–water partition coefficient (Wildman–Crippen LogP) is 1.33. The molecule has 27 heavy (non-hydrogen) atoms. The van der Waals surface area contributed by atoms with E-state index in [1.54, 1.807) is 24.3 Å². The molecule has 7 heteroatoms. The Labute approximate surface area is 156 Å². The van der Waals surface area contributed by atoms with Gasteiger partial charge < -0.3 is 5.73 Å². The number of hydroxylamine groups is 2. The van der Waals surface area contributed by atoms with E-state index in [1.807, 2.05) is 37.3 Å². The largest absolute Gasteiger partial charge is 0.368 e. The maximum Gasteiger partial charge on any atom is 0.265 e. The van der Waals surface area contributed by atoms with Crippen molar-refractivity contribution in [2.45, 2.75) is 19.1 Å². The van der Waals surface area contributed by atoms with E-state index in [0.717, 1.165) is 11.1 Å². The van der Waals surface area contributed by atoms with Crippen LogP contribution in [0.5, 0.6) is 0 Å². The number of nitrogens with zero attached hydrogens (tertiary/aromatic N) is 2. The number of para-hydroxylation sites is 1. The van der Waals surface area contributed by atoms with Crippen molar-refractivity contribution in [3.8, 4) is 0 Å². The fourth-order valence-corrected chi connectivity index (χ4v) is 3.82. The summed E-state index contributed by atoms with van der Waals surface area (Å²) in [7, 11) is 0. The first-order valence-electron chi connectivity index (χ1n) is 8.68. The molecule has 2 aromatic rings. The average Bonchev–Trinajstić information content (AvgIpc) is 3.11. The second-order valence-corrected chi connectivity index (χ2v) is 6.80. The molecule has 7 nitrogen and oxygen atoms in total. The monoisotopic (exact) mass is 365 g/mol. The van der Waals surface area contributed by atoms with Gasteiger partial charge in [-0.25, -0.2) is 4.90 Å². The van der Waals surface area contributed by atoms with Crippen LogP contribution in [0.3, 0.4) is 0 Å². The fraction of sp³-hybridized carbons (Fsp3) is 0.250. The number of primary amides is 1. The molecular weight excluding hydrogens is 346 g/mol. The van der Waals surface area contributed by atoms with Crippen molar-refractivity contribution < 1.29 is 19.2 Å². The number of carbonyl (C=O) groups excluding carboxylic acids is 3. The number of hydrogen-bond acceptors (Lipinski definition) is 5. The molecule has 0 radical (unpaired) electrons. The van der Waals surface area contributed by atoms with Crippen LogP contribution in [0, 0.1) is 12.8 Å². The maximum atomic E-state index is 13.2. The Morgan fingerprint density at radius 2 is 1.81 bits per heavy atom. The summed E-state index contributed by atoms with van der Waals surface area (Å²) in [6.07, 6.45) is -0.970. The lowest BCUT2D eigenvalue weighted by Gasteiger charge is -2.26. The molecule has 2 aliphatic rings. The van der Waals surface area contributed by atoms with E-state index in [1.165, 1.54) is 9.96 Å². The summed E-state index contributed by atoms with van der Waals surface area (Å²) in [5, 5.41) is 1.37. The van der Waals surface area contributed by atoms with Crippen molar-refractivity contribution in [2.24, 2.45) is 11.7 Å². The third-order valence-electron chi connectivity index (χ3n) is 4.90. The molecule has 0 spiro atoms. The van der Waals surface area contributed by atoms with Crippen LogP contribution in [0.1, 0.15) is 17.2 Å². The Morgan fingerprint density at radius 1 is 1.07 bits per heavy atom. The number of hydrogen-bond donors (Lipinski definition) is 1.